The molecule has 150 valence electrons. The quantitative estimate of drug-likeness (QED) is 0.224. The van der Waals surface area contributed by atoms with E-state index in [0.29, 0.717) is 0 Å². The first-order valence-electron chi connectivity index (χ1n) is 10.7. The molecule has 0 saturated carbocycles. The van der Waals surface area contributed by atoms with Crippen LogP contribution < -0.4 is 9.47 Å². The molecule has 0 unspecified atom stereocenters. The van der Waals surface area contributed by atoms with Crippen LogP contribution in [-0.2, 0) is 6.42 Å². The second-order valence-electron chi connectivity index (χ2n) is 7.14. The number of alkyl halides is 1. The van der Waals surface area contributed by atoms with Crippen molar-refractivity contribution in [2.75, 3.05) is 18.5 Å². The first-order valence-corrected chi connectivity index (χ1v) is 11.8. The topological polar surface area (TPSA) is 18.5 Å². The van der Waals surface area contributed by atoms with E-state index >= 15 is 0 Å². The van der Waals surface area contributed by atoms with Crippen molar-refractivity contribution >= 4 is 26.7 Å². The third-order valence-corrected chi connectivity index (χ3v) is 5.53. The molecule has 0 N–H and O–H groups in total. The number of benzene rings is 2. The van der Waals surface area contributed by atoms with Crippen LogP contribution in [-0.4, -0.2) is 18.5 Å². The lowest BCUT2D eigenvalue weighted by Gasteiger charge is -2.14. The van der Waals surface area contributed by atoms with Crippen molar-refractivity contribution in [1.29, 1.82) is 0 Å². The summed E-state index contributed by atoms with van der Waals surface area (Å²) in [7, 11) is 0. The van der Waals surface area contributed by atoms with Gasteiger partial charge in [0.15, 0.2) is 0 Å². The van der Waals surface area contributed by atoms with E-state index < -0.39 is 0 Å². The summed E-state index contributed by atoms with van der Waals surface area (Å²) in [6.07, 6.45) is 10.9. The summed E-state index contributed by atoms with van der Waals surface area (Å²) in [5.41, 5.74) is 1.31. The fourth-order valence-corrected chi connectivity index (χ4v) is 3.76. The van der Waals surface area contributed by atoms with Gasteiger partial charge < -0.3 is 9.47 Å². The molecule has 0 aromatic heterocycles. The largest absolute Gasteiger partial charge is 0.494 e. The monoisotopic (exact) mass is 434 g/mol. The van der Waals surface area contributed by atoms with Crippen LogP contribution in [0.4, 0.5) is 0 Å². The maximum Gasteiger partial charge on any atom is 0.123 e. The zero-order valence-corrected chi connectivity index (χ0v) is 18.7. The van der Waals surface area contributed by atoms with E-state index in [4.69, 9.17) is 9.47 Å². The van der Waals surface area contributed by atoms with Crippen LogP contribution >= 0.6 is 15.9 Å². The first-order chi connectivity index (χ1) is 13.3. The van der Waals surface area contributed by atoms with E-state index in [-0.39, 0.29) is 0 Å². The summed E-state index contributed by atoms with van der Waals surface area (Å²) >= 11 is 3.49. The van der Waals surface area contributed by atoms with E-state index in [1.807, 2.05) is 0 Å². The van der Waals surface area contributed by atoms with Crippen molar-refractivity contribution in [1.82, 2.24) is 0 Å². The smallest absolute Gasteiger partial charge is 0.123 e. The highest BCUT2D eigenvalue weighted by molar-refractivity contribution is 9.09. The minimum atomic E-state index is 0.792. The molecular weight excluding hydrogens is 400 g/mol. The number of hydrogen-bond donors (Lipinski definition) is 0. The highest BCUT2D eigenvalue weighted by Gasteiger charge is 2.08. The van der Waals surface area contributed by atoms with Crippen molar-refractivity contribution in [3.8, 4) is 11.5 Å². The number of rotatable bonds is 14. The molecule has 2 aromatic carbocycles. The van der Waals surface area contributed by atoms with Crippen LogP contribution in [0.15, 0.2) is 30.3 Å². The molecule has 0 spiro atoms. The molecule has 2 rings (SSSR count). The van der Waals surface area contributed by atoms with Gasteiger partial charge in [0.1, 0.15) is 11.5 Å². The van der Waals surface area contributed by atoms with Gasteiger partial charge in [-0.2, -0.15) is 0 Å². The van der Waals surface area contributed by atoms with Crippen LogP contribution in [0.2, 0.25) is 0 Å². The number of fused-ring (bicyclic) bond motifs is 1. The van der Waals surface area contributed by atoms with Crippen LogP contribution in [0.1, 0.15) is 70.8 Å². The van der Waals surface area contributed by atoms with Crippen molar-refractivity contribution in [2.24, 2.45) is 0 Å². The molecule has 0 fully saturated rings. The molecule has 2 aromatic rings. The number of halogens is 1. The Kier molecular flexibility index (Phi) is 10.7. The fraction of sp³-hybridized carbons (Fsp3) is 0.583. The van der Waals surface area contributed by atoms with E-state index in [0.717, 1.165) is 55.7 Å². The second-order valence-corrected chi connectivity index (χ2v) is 7.93. The lowest BCUT2D eigenvalue weighted by atomic mass is 10.0. The minimum absolute atomic E-state index is 0.792. The number of unbranched alkanes of at least 4 members (excludes halogenated alkanes) is 6. The van der Waals surface area contributed by atoms with Crippen LogP contribution in [0, 0.1) is 0 Å². The maximum absolute atomic E-state index is 6.13. The minimum Gasteiger partial charge on any atom is -0.494 e. The van der Waals surface area contributed by atoms with Crippen LogP contribution in [0.3, 0.4) is 0 Å². The summed E-state index contributed by atoms with van der Waals surface area (Å²) in [6.45, 7) is 6.00. The van der Waals surface area contributed by atoms with Crippen LogP contribution in [0.5, 0.6) is 11.5 Å². The Bertz CT molecular complexity index is 669. The molecule has 0 aliphatic heterocycles. The third kappa shape index (κ3) is 7.37. The van der Waals surface area contributed by atoms with Gasteiger partial charge in [-0.25, -0.2) is 0 Å². The highest BCUT2D eigenvalue weighted by Crippen LogP contribution is 2.31. The summed E-state index contributed by atoms with van der Waals surface area (Å²) in [5.74, 6) is 2.01. The van der Waals surface area contributed by atoms with Gasteiger partial charge in [-0.05, 0) is 54.7 Å². The lowest BCUT2D eigenvalue weighted by molar-refractivity contribution is 0.302. The molecule has 0 bridgehead atoms. The Morgan fingerprint density at radius 3 is 2.26 bits per heavy atom. The summed E-state index contributed by atoms with van der Waals surface area (Å²) in [4.78, 5) is 0. The predicted octanol–water partition coefficient (Wildman–Crippen LogP) is 7.70. The normalized spacial score (nSPS) is 11.1. The van der Waals surface area contributed by atoms with Crippen LogP contribution in [0.25, 0.3) is 10.8 Å². The number of ether oxygens (including phenoxy) is 2. The van der Waals surface area contributed by atoms with E-state index in [1.54, 1.807) is 0 Å². The van der Waals surface area contributed by atoms with Gasteiger partial charge in [0, 0.05) is 10.9 Å². The van der Waals surface area contributed by atoms with Crippen molar-refractivity contribution < 1.29 is 9.47 Å². The van der Waals surface area contributed by atoms with Crippen molar-refractivity contribution in [2.45, 2.75) is 71.6 Å². The number of aryl methyl sites for hydroxylation is 1. The first kappa shape index (κ1) is 22.1. The molecule has 3 heteroatoms. The molecular formula is C24H35BrO2. The Morgan fingerprint density at radius 1 is 0.778 bits per heavy atom. The van der Waals surface area contributed by atoms with Crippen molar-refractivity contribution in [3.05, 3.63) is 35.9 Å². The third-order valence-electron chi connectivity index (χ3n) is 4.97. The molecule has 0 heterocycles. The standard InChI is InChI=1S/C24H35BrO2/c1-3-5-17-26-21-13-14-23-20(19-21)12-15-24(22(23)4-2)27-18-11-9-7-6-8-10-16-25/h12-15,19H,3-11,16-18H2,1-2H3. The summed E-state index contributed by atoms with van der Waals surface area (Å²) < 4.78 is 12.0. The predicted molar refractivity (Wildman–Crippen MR) is 121 cm³/mol. The van der Waals surface area contributed by atoms with Gasteiger partial charge in [-0.15, -0.1) is 0 Å². The fourth-order valence-electron chi connectivity index (χ4n) is 3.36. The summed E-state index contributed by atoms with van der Waals surface area (Å²) in [5, 5.41) is 3.65. The molecule has 0 saturated heterocycles. The highest BCUT2D eigenvalue weighted by atomic mass is 79.9. The zero-order chi connectivity index (χ0) is 19.3. The van der Waals surface area contributed by atoms with Crippen molar-refractivity contribution in [3.63, 3.8) is 0 Å². The Hall–Kier alpha value is -1.22. The average Bonchev–Trinajstić information content (AvgIpc) is 2.69. The SMILES string of the molecule is CCCCOc1ccc2c(CC)c(OCCCCCCCCBr)ccc2c1. The molecule has 0 amide bonds. The molecule has 0 radical (unpaired) electrons. The molecule has 0 atom stereocenters. The van der Waals surface area contributed by atoms with E-state index in [9.17, 15) is 0 Å². The van der Waals surface area contributed by atoms with E-state index in [1.165, 1.54) is 48.4 Å². The Morgan fingerprint density at radius 2 is 1.52 bits per heavy atom. The van der Waals surface area contributed by atoms with Gasteiger partial charge in [0.25, 0.3) is 0 Å². The van der Waals surface area contributed by atoms with E-state index in [2.05, 4.69) is 60.1 Å². The summed E-state index contributed by atoms with van der Waals surface area (Å²) in [6, 6.07) is 10.7. The van der Waals surface area contributed by atoms with Gasteiger partial charge in [0.05, 0.1) is 13.2 Å². The Balaban J connectivity index is 1.90. The molecule has 0 aliphatic rings. The number of hydrogen-bond acceptors (Lipinski definition) is 2. The van der Waals surface area contributed by atoms with Gasteiger partial charge in [0.2, 0.25) is 0 Å². The average molecular weight is 435 g/mol. The van der Waals surface area contributed by atoms with Gasteiger partial charge >= 0.3 is 0 Å². The Labute approximate surface area is 173 Å². The van der Waals surface area contributed by atoms with Gasteiger partial charge in [-0.1, -0.05) is 74.0 Å². The molecule has 2 nitrogen and oxygen atoms in total. The zero-order valence-electron chi connectivity index (χ0n) is 17.1. The molecule has 27 heavy (non-hydrogen) atoms. The molecule has 0 aliphatic carbocycles. The van der Waals surface area contributed by atoms with Gasteiger partial charge in [-0.3, -0.25) is 0 Å². The second kappa shape index (κ2) is 13.0. The lowest BCUT2D eigenvalue weighted by Crippen LogP contribution is -2.01. The maximum atomic E-state index is 6.13.